The van der Waals surface area contributed by atoms with Crippen molar-refractivity contribution in [1.29, 1.82) is 0 Å². The molecule has 3 aliphatic heterocycles. The molecule has 1 spiro atoms. The summed E-state index contributed by atoms with van der Waals surface area (Å²) >= 11 is 0. The van der Waals surface area contributed by atoms with Gasteiger partial charge in [-0.15, -0.1) is 0 Å². The highest BCUT2D eigenvalue weighted by Gasteiger charge is 2.56. The van der Waals surface area contributed by atoms with E-state index in [-0.39, 0.29) is 43.5 Å². The lowest BCUT2D eigenvalue weighted by Crippen LogP contribution is -2.73. The molecule has 0 unspecified atom stereocenters. The topological polar surface area (TPSA) is 123 Å². The Labute approximate surface area is 215 Å². The van der Waals surface area contributed by atoms with E-state index < -0.39 is 11.7 Å². The molecule has 2 aromatic carbocycles. The highest BCUT2D eigenvalue weighted by molar-refractivity contribution is 6.04. The standard InChI is InChI=1S/C27H31N5O5/c33-21(14-31-10-9-17-3-1-2-4-19(17)13-31)12-28-24(34)18-5-8-23-22(11-18)30-25(35)27(37-23)15-32(16-27)26(36)29-20-6-7-20/h1-5,8,11,20-21,33H,6-7,9-10,12-16H2,(H,28,34)(H,29,36)(H,30,35)/t21-/m0/s1. The maximum Gasteiger partial charge on any atom is 0.317 e. The van der Waals surface area contributed by atoms with Gasteiger partial charge in [0.1, 0.15) is 5.75 Å². The zero-order valence-corrected chi connectivity index (χ0v) is 20.5. The van der Waals surface area contributed by atoms with Crippen molar-refractivity contribution in [3.63, 3.8) is 0 Å². The Balaban J connectivity index is 1.01. The molecule has 2 aromatic rings. The summed E-state index contributed by atoms with van der Waals surface area (Å²) in [6, 6.07) is 13.3. The number of amides is 4. The lowest BCUT2D eigenvalue weighted by molar-refractivity contribution is -0.144. The number of urea groups is 1. The zero-order valence-electron chi connectivity index (χ0n) is 20.5. The predicted molar refractivity (Wildman–Crippen MR) is 135 cm³/mol. The smallest absolute Gasteiger partial charge is 0.317 e. The van der Waals surface area contributed by atoms with E-state index in [0.29, 0.717) is 23.5 Å². The van der Waals surface area contributed by atoms with Crippen molar-refractivity contribution in [3.8, 4) is 5.75 Å². The molecule has 6 rings (SSSR count). The third-order valence-electron chi connectivity index (χ3n) is 7.47. The first kappa shape index (κ1) is 23.7. The van der Waals surface area contributed by atoms with Crippen LogP contribution in [0.5, 0.6) is 5.75 Å². The summed E-state index contributed by atoms with van der Waals surface area (Å²) in [6.07, 6.45) is 2.24. The molecular formula is C27H31N5O5. The van der Waals surface area contributed by atoms with Gasteiger partial charge in [-0.25, -0.2) is 4.79 Å². The molecule has 0 aromatic heterocycles. The predicted octanol–water partition coefficient (Wildman–Crippen LogP) is 1.09. The van der Waals surface area contributed by atoms with Gasteiger partial charge in [-0.2, -0.15) is 0 Å². The Morgan fingerprint density at radius 3 is 2.73 bits per heavy atom. The summed E-state index contributed by atoms with van der Waals surface area (Å²) in [6.45, 7) is 2.62. The first-order chi connectivity index (χ1) is 17.9. The van der Waals surface area contributed by atoms with Crippen LogP contribution in [0.3, 0.4) is 0 Å². The second-order valence-electron chi connectivity index (χ2n) is 10.5. The molecule has 0 radical (unpaired) electrons. The molecular weight excluding hydrogens is 474 g/mol. The second kappa shape index (κ2) is 9.35. The highest BCUT2D eigenvalue weighted by Crippen LogP contribution is 2.39. The van der Waals surface area contributed by atoms with Crippen molar-refractivity contribution in [3.05, 3.63) is 59.2 Å². The van der Waals surface area contributed by atoms with Gasteiger partial charge < -0.3 is 30.7 Å². The molecule has 1 atom stereocenters. The number of benzene rings is 2. The van der Waals surface area contributed by atoms with Crippen molar-refractivity contribution in [2.75, 3.05) is 38.0 Å². The number of anilines is 1. The van der Waals surface area contributed by atoms with Crippen LogP contribution in [-0.4, -0.2) is 83.2 Å². The Kier molecular flexibility index (Phi) is 6.00. The molecule has 4 aliphatic rings. The van der Waals surface area contributed by atoms with Crippen molar-refractivity contribution in [1.82, 2.24) is 20.4 Å². The quantitative estimate of drug-likeness (QED) is 0.466. The molecule has 4 amide bonds. The number of nitrogens with zero attached hydrogens (tertiary/aromatic N) is 2. The molecule has 1 saturated heterocycles. The first-order valence-corrected chi connectivity index (χ1v) is 12.8. The molecule has 0 bridgehead atoms. The van der Waals surface area contributed by atoms with Gasteiger partial charge in [-0.05, 0) is 48.6 Å². The van der Waals surface area contributed by atoms with Crippen LogP contribution < -0.4 is 20.7 Å². The van der Waals surface area contributed by atoms with E-state index in [1.54, 1.807) is 23.1 Å². The Morgan fingerprint density at radius 2 is 1.95 bits per heavy atom. The number of carbonyl (C=O) groups excluding carboxylic acids is 3. The van der Waals surface area contributed by atoms with Gasteiger partial charge in [0.05, 0.1) is 24.9 Å². The van der Waals surface area contributed by atoms with Crippen molar-refractivity contribution >= 4 is 23.5 Å². The molecule has 194 valence electrons. The van der Waals surface area contributed by atoms with E-state index in [9.17, 15) is 19.5 Å². The minimum atomic E-state index is -1.10. The van der Waals surface area contributed by atoms with Crippen LogP contribution in [0.2, 0.25) is 0 Å². The lowest BCUT2D eigenvalue weighted by Gasteiger charge is -2.49. The van der Waals surface area contributed by atoms with Gasteiger partial charge >= 0.3 is 6.03 Å². The van der Waals surface area contributed by atoms with E-state index in [2.05, 4.69) is 33.0 Å². The molecule has 2 fully saturated rings. The first-order valence-electron chi connectivity index (χ1n) is 12.8. The number of ether oxygens (including phenoxy) is 1. The van der Waals surface area contributed by atoms with Gasteiger partial charge in [0, 0.05) is 37.8 Å². The van der Waals surface area contributed by atoms with Gasteiger partial charge in [0.15, 0.2) is 0 Å². The maximum absolute atomic E-state index is 12.8. The van der Waals surface area contributed by atoms with E-state index in [4.69, 9.17) is 4.74 Å². The monoisotopic (exact) mass is 505 g/mol. The minimum Gasteiger partial charge on any atom is -0.471 e. The molecule has 10 nitrogen and oxygen atoms in total. The normalized spacial score (nSPS) is 20.6. The molecule has 1 saturated carbocycles. The Hall–Kier alpha value is -3.63. The summed E-state index contributed by atoms with van der Waals surface area (Å²) in [5, 5.41) is 19.0. The summed E-state index contributed by atoms with van der Waals surface area (Å²) < 4.78 is 6.00. The SMILES string of the molecule is O=C(NC[C@H](O)CN1CCc2ccccc2C1)c1ccc2c(c1)NC(=O)C1(CN(C(=O)NC3CC3)C1)O2. The second-order valence-corrected chi connectivity index (χ2v) is 10.5. The maximum atomic E-state index is 12.8. The number of nitrogens with one attached hydrogen (secondary N) is 3. The Bertz CT molecular complexity index is 1240. The van der Waals surface area contributed by atoms with Crippen LogP contribution in [0.25, 0.3) is 0 Å². The molecule has 3 heterocycles. The van der Waals surface area contributed by atoms with Crippen LogP contribution >= 0.6 is 0 Å². The number of fused-ring (bicyclic) bond motifs is 2. The number of aliphatic hydroxyl groups is 1. The van der Waals surface area contributed by atoms with Gasteiger partial charge in [0.25, 0.3) is 11.8 Å². The fraction of sp³-hybridized carbons (Fsp3) is 0.444. The summed E-state index contributed by atoms with van der Waals surface area (Å²) in [4.78, 5) is 41.5. The fourth-order valence-corrected chi connectivity index (χ4v) is 5.15. The number of hydrogen-bond donors (Lipinski definition) is 4. The fourth-order valence-electron chi connectivity index (χ4n) is 5.15. The molecule has 1 aliphatic carbocycles. The van der Waals surface area contributed by atoms with Crippen molar-refractivity contribution < 1.29 is 24.2 Å². The van der Waals surface area contributed by atoms with Gasteiger partial charge in [-0.1, -0.05) is 24.3 Å². The van der Waals surface area contributed by atoms with E-state index >= 15 is 0 Å². The van der Waals surface area contributed by atoms with Crippen molar-refractivity contribution in [2.45, 2.75) is 43.6 Å². The summed E-state index contributed by atoms with van der Waals surface area (Å²) in [5.74, 6) is -0.206. The van der Waals surface area contributed by atoms with E-state index in [1.807, 2.05) is 12.1 Å². The number of aliphatic hydroxyl groups excluding tert-OH is 1. The number of β-amino-alcohol motifs (C(OH)–C–C–N with tert-alkyl or cyclic N) is 1. The van der Waals surface area contributed by atoms with Crippen LogP contribution in [0, 0.1) is 0 Å². The third-order valence-corrected chi connectivity index (χ3v) is 7.47. The van der Waals surface area contributed by atoms with Crippen LogP contribution in [0.1, 0.15) is 34.3 Å². The number of carbonyl (C=O) groups is 3. The van der Waals surface area contributed by atoms with Gasteiger partial charge in [-0.3, -0.25) is 14.5 Å². The van der Waals surface area contributed by atoms with Crippen LogP contribution in [0.4, 0.5) is 10.5 Å². The van der Waals surface area contributed by atoms with Crippen LogP contribution in [-0.2, 0) is 17.8 Å². The lowest BCUT2D eigenvalue weighted by atomic mass is 9.91. The van der Waals surface area contributed by atoms with Gasteiger partial charge in [0.2, 0.25) is 5.60 Å². The summed E-state index contributed by atoms with van der Waals surface area (Å²) in [5.41, 5.74) is 2.30. The third kappa shape index (κ3) is 4.86. The highest BCUT2D eigenvalue weighted by atomic mass is 16.5. The van der Waals surface area contributed by atoms with Crippen LogP contribution in [0.15, 0.2) is 42.5 Å². The molecule has 37 heavy (non-hydrogen) atoms. The van der Waals surface area contributed by atoms with E-state index in [1.165, 1.54) is 11.1 Å². The molecule has 10 heteroatoms. The largest absolute Gasteiger partial charge is 0.471 e. The number of hydrogen-bond acceptors (Lipinski definition) is 6. The minimum absolute atomic E-state index is 0.124. The number of likely N-dealkylation sites (tertiary alicyclic amines) is 1. The summed E-state index contributed by atoms with van der Waals surface area (Å²) in [7, 11) is 0. The zero-order chi connectivity index (χ0) is 25.6. The number of rotatable bonds is 6. The van der Waals surface area contributed by atoms with Crippen molar-refractivity contribution in [2.24, 2.45) is 0 Å². The molecule has 4 N–H and O–H groups in total. The Morgan fingerprint density at radius 1 is 1.16 bits per heavy atom. The van der Waals surface area contributed by atoms with E-state index in [0.717, 1.165) is 32.4 Å². The average Bonchev–Trinajstić information content (AvgIpc) is 3.69. The average molecular weight is 506 g/mol.